The highest BCUT2D eigenvalue weighted by atomic mass is 16.5. The first kappa shape index (κ1) is 7.98. The molecule has 0 aromatic carbocycles. The minimum Gasteiger partial charge on any atom is -0.379 e. The summed E-state index contributed by atoms with van der Waals surface area (Å²) in [5, 5.41) is 10.7. The van der Waals surface area contributed by atoms with Crippen LogP contribution in [0.5, 0.6) is 0 Å². The summed E-state index contributed by atoms with van der Waals surface area (Å²) < 4.78 is 5.14. The predicted molar refractivity (Wildman–Crippen MR) is 37.4 cm³/mol. The van der Waals surface area contributed by atoms with Crippen molar-refractivity contribution in [3.8, 4) is 0 Å². The maximum Gasteiger partial charge on any atom is 0.103 e. The van der Waals surface area contributed by atoms with Gasteiger partial charge in [0.25, 0.3) is 0 Å². The quantitative estimate of drug-likeness (QED) is 0.552. The molecule has 0 amide bonds. The van der Waals surface area contributed by atoms with Crippen LogP contribution in [0, 0.1) is 0 Å². The Kier molecular flexibility index (Phi) is 3.12. The normalized spacial score (nSPS) is 24.6. The predicted octanol–water partition coefficient (Wildman–Crippen LogP) is 0.138. The van der Waals surface area contributed by atoms with Gasteiger partial charge in [0.15, 0.2) is 0 Å². The van der Waals surface area contributed by atoms with E-state index in [-0.39, 0.29) is 0 Å². The van der Waals surface area contributed by atoms with Crippen LogP contribution in [0.1, 0.15) is 6.92 Å². The Morgan fingerprint density at radius 2 is 2.10 bits per heavy atom. The van der Waals surface area contributed by atoms with Gasteiger partial charge in [-0.1, -0.05) is 0 Å². The van der Waals surface area contributed by atoms with E-state index >= 15 is 0 Å². The van der Waals surface area contributed by atoms with E-state index in [1.807, 2.05) is 0 Å². The lowest BCUT2D eigenvalue weighted by Gasteiger charge is -2.26. The molecule has 1 saturated heterocycles. The molecule has 1 heterocycles. The smallest absolute Gasteiger partial charge is 0.103 e. The van der Waals surface area contributed by atoms with Crippen molar-refractivity contribution in [2.75, 3.05) is 32.8 Å². The summed E-state index contributed by atoms with van der Waals surface area (Å²) in [4.78, 5) is 2.15. The summed E-state index contributed by atoms with van der Waals surface area (Å²) in [6.07, 6.45) is -0.460. The van der Waals surface area contributed by atoms with Crippen molar-refractivity contribution < 1.29 is 9.84 Å². The van der Waals surface area contributed by atoms with Gasteiger partial charge in [0, 0.05) is 19.6 Å². The third kappa shape index (κ3) is 2.64. The first-order valence-electron chi connectivity index (χ1n) is 3.75. The Balaban J connectivity index is 2.13. The van der Waals surface area contributed by atoms with Crippen LogP contribution in [0.4, 0.5) is 0 Å². The molecule has 1 rings (SSSR count). The van der Waals surface area contributed by atoms with E-state index in [4.69, 9.17) is 4.74 Å². The van der Waals surface area contributed by atoms with E-state index in [1.165, 1.54) is 0 Å². The van der Waals surface area contributed by atoms with E-state index in [1.54, 1.807) is 6.92 Å². The zero-order chi connectivity index (χ0) is 7.40. The molecule has 0 bridgehead atoms. The molecule has 0 saturated carbocycles. The maximum absolute atomic E-state index is 10.7. The van der Waals surface area contributed by atoms with Gasteiger partial charge in [0.1, 0.15) is 6.10 Å². The third-order valence-corrected chi connectivity index (χ3v) is 1.62. The molecule has 1 unspecified atom stereocenters. The molecule has 59 valence electrons. The lowest BCUT2D eigenvalue weighted by Crippen LogP contribution is -2.39. The molecule has 1 fully saturated rings. The fourth-order valence-electron chi connectivity index (χ4n) is 1.15. The highest BCUT2D eigenvalue weighted by Crippen LogP contribution is 1.97. The van der Waals surface area contributed by atoms with Crippen molar-refractivity contribution >= 4 is 0 Å². The second kappa shape index (κ2) is 3.91. The molecule has 1 atom stereocenters. The van der Waals surface area contributed by atoms with Gasteiger partial charge < -0.3 is 4.74 Å². The molecular weight excluding hydrogens is 130 g/mol. The highest BCUT2D eigenvalue weighted by Gasteiger charge is 2.11. The van der Waals surface area contributed by atoms with Crippen molar-refractivity contribution in [3.63, 3.8) is 0 Å². The molecule has 10 heavy (non-hydrogen) atoms. The van der Waals surface area contributed by atoms with Crippen molar-refractivity contribution in [2.24, 2.45) is 0 Å². The molecule has 1 aliphatic heterocycles. The average Bonchev–Trinajstić information content (AvgIpc) is 1.88. The maximum atomic E-state index is 10.7. The zero-order valence-corrected chi connectivity index (χ0v) is 6.38. The van der Waals surface area contributed by atoms with E-state index in [9.17, 15) is 5.11 Å². The standard InChI is InChI=1S/C7H14NO2/c1-7(9)6-8-2-4-10-5-3-8/h7H,2-6H2,1H3. The van der Waals surface area contributed by atoms with Crippen molar-refractivity contribution in [2.45, 2.75) is 13.0 Å². The lowest BCUT2D eigenvalue weighted by molar-refractivity contribution is 0.00248. The van der Waals surface area contributed by atoms with Crippen molar-refractivity contribution in [1.82, 2.24) is 4.90 Å². The molecule has 0 aliphatic carbocycles. The van der Waals surface area contributed by atoms with E-state index in [0.717, 1.165) is 26.3 Å². The largest absolute Gasteiger partial charge is 0.379 e. The lowest BCUT2D eigenvalue weighted by atomic mass is 10.3. The second-order valence-electron chi connectivity index (χ2n) is 2.72. The minimum absolute atomic E-state index is 0.460. The number of nitrogens with zero attached hydrogens (tertiary/aromatic N) is 1. The average molecular weight is 144 g/mol. The van der Waals surface area contributed by atoms with Gasteiger partial charge in [0.05, 0.1) is 13.2 Å². The van der Waals surface area contributed by atoms with E-state index < -0.39 is 6.10 Å². The first-order valence-corrected chi connectivity index (χ1v) is 3.75. The van der Waals surface area contributed by atoms with Gasteiger partial charge in [-0.2, -0.15) is 0 Å². The fourth-order valence-corrected chi connectivity index (χ4v) is 1.15. The van der Waals surface area contributed by atoms with Crippen LogP contribution in [0.2, 0.25) is 0 Å². The first-order chi connectivity index (χ1) is 4.79. The zero-order valence-electron chi connectivity index (χ0n) is 6.38. The summed E-state index contributed by atoms with van der Waals surface area (Å²) in [5.74, 6) is 0. The number of ether oxygens (including phenoxy) is 1. The van der Waals surface area contributed by atoms with E-state index in [0.29, 0.717) is 6.54 Å². The molecule has 0 spiro atoms. The monoisotopic (exact) mass is 144 g/mol. The Hall–Kier alpha value is -0.120. The molecule has 3 nitrogen and oxygen atoms in total. The van der Waals surface area contributed by atoms with Gasteiger partial charge in [-0.3, -0.25) is 4.90 Å². The summed E-state index contributed by atoms with van der Waals surface area (Å²) in [7, 11) is 0. The van der Waals surface area contributed by atoms with Gasteiger partial charge in [-0.05, 0) is 6.92 Å². The SMILES string of the molecule is CC([O])CN1CCOCC1. The molecule has 0 aromatic heterocycles. The Morgan fingerprint density at radius 1 is 1.50 bits per heavy atom. The number of hydrogen-bond acceptors (Lipinski definition) is 2. The van der Waals surface area contributed by atoms with Crippen LogP contribution in [0.3, 0.4) is 0 Å². The molecular formula is C7H14NO2. The summed E-state index contributed by atoms with van der Waals surface area (Å²) in [6.45, 7) is 5.79. The second-order valence-corrected chi connectivity index (χ2v) is 2.72. The van der Waals surface area contributed by atoms with Gasteiger partial charge in [-0.15, -0.1) is 0 Å². The summed E-state index contributed by atoms with van der Waals surface area (Å²) in [5.41, 5.74) is 0. The summed E-state index contributed by atoms with van der Waals surface area (Å²) >= 11 is 0. The van der Waals surface area contributed by atoms with Crippen LogP contribution in [0.15, 0.2) is 0 Å². The number of morpholine rings is 1. The van der Waals surface area contributed by atoms with Gasteiger partial charge >= 0.3 is 0 Å². The van der Waals surface area contributed by atoms with Crippen LogP contribution >= 0.6 is 0 Å². The van der Waals surface area contributed by atoms with Crippen molar-refractivity contribution in [3.05, 3.63) is 0 Å². The highest BCUT2D eigenvalue weighted by molar-refractivity contribution is 4.63. The summed E-state index contributed by atoms with van der Waals surface area (Å²) in [6, 6.07) is 0. The molecule has 1 radical (unpaired) electrons. The Bertz CT molecular complexity index is 89.6. The Morgan fingerprint density at radius 3 is 2.60 bits per heavy atom. The van der Waals surface area contributed by atoms with Crippen LogP contribution in [0.25, 0.3) is 0 Å². The molecule has 1 aliphatic rings. The van der Waals surface area contributed by atoms with Crippen LogP contribution in [-0.2, 0) is 9.84 Å². The third-order valence-electron chi connectivity index (χ3n) is 1.62. The van der Waals surface area contributed by atoms with Crippen molar-refractivity contribution in [1.29, 1.82) is 0 Å². The van der Waals surface area contributed by atoms with E-state index in [2.05, 4.69) is 4.90 Å². The minimum atomic E-state index is -0.460. The fraction of sp³-hybridized carbons (Fsp3) is 1.00. The number of hydrogen-bond donors (Lipinski definition) is 0. The van der Waals surface area contributed by atoms with Gasteiger partial charge in [-0.25, -0.2) is 5.11 Å². The number of rotatable bonds is 2. The molecule has 0 N–H and O–H groups in total. The molecule has 3 heteroatoms. The topological polar surface area (TPSA) is 32.4 Å². The van der Waals surface area contributed by atoms with Crippen LogP contribution in [-0.4, -0.2) is 43.9 Å². The molecule has 0 aromatic rings. The van der Waals surface area contributed by atoms with Crippen LogP contribution < -0.4 is 0 Å². The Labute approximate surface area is 61.6 Å². The van der Waals surface area contributed by atoms with Gasteiger partial charge in [0.2, 0.25) is 0 Å².